The van der Waals surface area contributed by atoms with Gasteiger partial charge in [-0.05, 0) is 35.2 Å². The van der Waals surface area contributed by atoms with Crippen LogP contribution in [0.2, 0.25) is 0 Å². The van der Waals surface area contributed by atoms with Crippen molar-refractivity contribution in [2.75, 3.05) is 13.2 Å². The number of rotatable bonds is 6. The van der Waals surface area contributed by atoms with Crippen molar-refractivity contribution in [3.8, 4) is 17.2 Å². The molecular weight excluding hydrogens is 310 g/mol. The minimum Gasteiger partial charge on any atom is -0.373 e. The van der Waals surface area contributed by atoms with Crippen LogP contribution in [-0.2, 0) is 9.47 Å². The fourth-order valence-electron chi connectivity index (χ4n) is 3.15. The monoisotopic (exact) mass is 335 g/mol. The maximum atomic E-state index is 8.88. The third-order valence-electron chi connectivity index (χ3n) is 4.73. The lowest BCUT2D eigenvalue weighted by Crippen LogP contribution is -2.31. The molecule has 130 valence electrons. The van der Waals surface area contributed by atoms with Crippen LogP contribution in [0.3, 0.4) is 0 Å². The van der Waals surface area contributed by atoms with Gasteiger partial charge < -0.3 is 9.47 Å². The molecule has 2 aromatic carbocycles. The first-order valence-corrected chi connectivity index (χ1v) is 9.14. The molecule has 1 aliphatic heterocycles. The number of hydrogen-bond acceptors (Lipinski definition) is 3. The Morgan fingerprint density at radius 2 is 1.60 bits per heavy atom. The topological polar surface area (TPSA) is 42.2 Å². The van der Waals surface area contributed by atoms with E-state index in [1.807, 2.05) is 24.3 Å². The van der Waals surface area contributed by atoms with Crippen LogP contribution in [0.25, 0.3) is 11.1 Å². The average molecular weight is 335 g/mol. The smallest absolute Gasteiger partial charge is 0.106 e. The van der Waals surface area contributed by atoms with E-state index in [1.54, 1.807) is 0 Å². The van der Waals surface area contributed by atoms with Gasteiger partial charge in [-0.25, -0.2) is 0 Å². The third-order valence-corrected chi connectivity index (χ3v) is 4.73. The number of unbranched alkanes of at least 4 members (excludes halogenated alkanes) is 2. The summed E-state index contributed by atoms with van der Waals surface area (Å²) in [5, 5.41) is 8.88. The van der Waals surface area contributed by atoms with E-state index in [0.29, 0.717) is 18.8 Å². The van der Waals surface area contributed by atoms with Crippen molar-refractivity contribution in [2.24, 2.45) is 0 Å². The van der Waals surface area contributed by atoms with E-state index in [-0.39, 0.29) is 12.2 Å². The van der Waals surface area contributed by atoms with E-state index >= 15 is 0 Å². The second-order valence-corrected chi connectivity index (χ2v) is 6.58. The predicted molar refractivity (Wildman–Crippen MR) is 99.2 cm³/mol. The molecule has 1 fully saturated rings. The number of ether oxygens (including phenoxy) is 2. The number of nitriles is 1. The van der Waals surface area contributed by atoms with Crippen LogP contribution in [0, 0.1) is 11.3 Å². The van der Waals surface area contributed by atoms with Crippen molar-refractivity contribution in [3.05, 3.63) is 59.7 Å². The molecule has 2 atom stereocenters. The summed E-state index contributed by atoms with van der Waals surface area (Å²) in [6.07, 6.45) is 5.09. The Bertz CT molecular complexity index is 692. The zero-order valence-corrected chi connectivity index (χ0v) is 14.8. The zero-order valence-electron chi connectivity index (χ0n) is 14.8. The van der Waals surface area contributed by atoms with Gasteiger partial charge in [-0.15, -0.1) is 0 Å². The van der Waals surface area contributed by atoms with E-state index in [2.05, 4.69) is 37.3 Å². The molecule has 25 heavy (non-hydrogen) atoms. The van der Waals surface area contributed by atoms with Gasteiger partial charge >= 0.3 is 0 Å². The van der Waals surface area contributed by atoms with Gasteiger partial charge in [-0.1, -0.05) is 62.6 Å². The van der Waals surface area contributed by atoms with Gasteiger partial charge in [0.05, 0.1) is 31.0 Å². The van der Waals surface area contributed by atoms with Crippen LogP contribution < -0.4 is 0 Å². The van der Waals surface area contributed by atoms with Crippen molar-refractivity contribution in [2.45, 2.75) is 44.8 Å². The Morgan fingerprint density at radius 3 is 2.16 bits per heavy atom. The molecule has 0 spiro atoms. The van der Waals surface area contributed by atoms with Crippen LogP contribution in [0.5, 0.6) is 0 Å². The van der Waals surface area contributed by atoms with Gasteiger partial charge in [0.15, 0.2) is 0 Å². The molecule has 0 amide bonds. The third kappa shape index (κ3) is 4.69. The van der Waals surface area contributed by atoms with E-state index in [4.69, 9.17) is 14.7 Å². The van der Waals surface area contributed by atoms with Gasteiger partial charge in [0, 0.05) is 0 Å². The summed E-state index contributed by atoms with van der Waals surface area (Å²) < 4.78 is 12.0. The van der Waals surface area contributed by atoms with Crippen molar-refractivity contribution in [1.82, 2.24) is 0 Å². The fraction of sp³-hybridized carbons (Fsp3) is 0.409. The number of hydrogen-bond donors (Lipinski definition) is 0. The first-order chi connectivity index (χ1) is 12.3. The summed E-state index contributed by atoms with van der Waals surface area (Å²) in [4.78, 5) is 0. The number of benzene rings is 2. The molecule has 3 rings (SSSR count). The van der Waals surface area contributed by atoms with Gasteiger partial charge in [0.2, 0.25) is 0 Å². The minimum absolute atomic E-state index is 0.0254. The Labute approximate surface area is 150 Å². The Kier molecular flexibility index (Phi) is 6.22. The highest BCUT2D eigenvalue weighted by molar-refractivity contribution is 5.64. The minimum atomic E-state index is 0.0254. The first kappa shape index (κ1) is 17.7. The molecule has 0 radical (unpaired) electrons. The largest absolute Gasteiger partial charge is 0.373 e. The summed E-state index contributed by atoms with van der Waals surface area (Å²) in [6, 6.07) is 18.2. The molecule has 3 heteroatoms. The summed E-state index contributed by atoms with van der Waals surface area (Å²) in [7, 11) is 0. The molecule has 3 nitrogen and oxygen atoms in total. The second kappa shape index (κ2) is 8.80. The van der Waals surface area contributed by atoms with Crippen molar-refractivity contribution >= 4 is 0 Å². The SMILES string of the molecule is CCCCCC1COC(c2ccc(-c3ccc(C#N)cc3)cc2)CO1. The summed E-state index contributed by atoms with van der Waals surface area (Å²) in [5.74, 6) is 0. The molecular formula is C22H25NO2. The number of nitrogens with zero attached hydrogens (tertiary/aromatic N) is 1. The van der Waals surface area contributed by atoms with Gasteiger partial charge in [0.25, 0.3) is 0 Å². The Balaban J connectivity index is 1.57. The maximum absolute atomic E-state index is 8.88. The highest BCUT2D eigenvalue weighted by Gasteiger charge is 2.23. The highest BCUT2D eigenvalue weighted by Crippen LogP contribution is 2.27. The van der Waals surface area contributed by atoms with Crippen LogP contribution in [0.15, 0.2) is 48.5 Å². The summed E-state index contributed by atoms with van der Waals surface area (Å²) in [6.45, 7) is 3.54. The molecule has 1 saturated heterocycles. The average Bonchev–Trinajstić information content (AvgIpc) is 2.69. The van der Waals surface area contributed by atoms with Crippen LogP contribution in [-0.4, -0.2) is 19.3 Å². The van der Waals surface area contributed by atoms with Gasteiger partial charge in [-0.2, -0.15) is 5.26 Å². The normalized spacial score (nSPS) is 20.2. The van der Waals surface area contributed by atoms with E-state index in [9.17, 15) is 0 Å². The van der Waals surface area contributed by atoms with Crippen LogP contribution in [0.4, 0.5) is 0 Å². The standard InChI is InChI=1S/C22H25NO2/c1-2-3-4-5-21-15-25-22(16-24-21)20-12-10-19(11-13-20)18-8-6-17(14-23)7-9-18/h6-13,21-22H,2-5,15-16H2,1H3. The lowest BCUT2D eigenvalue weighted by molar-refractivity contribution is -0.137. The Hall–Kier alpha value is -2.15. The molecule has 0 aliphatic carbocycles. The van der Waals surface area contributed by atoms with Crippen molar-refractivity contribution in [3.63, 3.8) is 0 Å². The maximum Gasteiger partial charge on any atom is 0.106 e. The fourth-order valence-corrected chi connectivity index (χ4v) is 3.15. The summed E-state index contributed by atoms with van der Waals surface area (Å²) in [5.41, 5.74) is 4.09. The van der Waals surface area contributed by atoms with E-state index < -0.39 is 0 Å². The van der Waals surface area contributed by atoms with Gasteiger partial charge in [0.1, 0.15) is 6.10 Å². The van der Waals surface area contributed by atoms with E-state index in [0.717, 1.165) is 23.1 Å². The molecule has 0 aromatic heterocycles. The molecule has 2 aromatic rings. The van der Waals surface area contributed by atoms with Crippen molar-refractivity contribution in [1.29, 1.82) is 5.26 Å². The molecule has 1 heterocycles. The molecule has 0 saturated carbocycles. The van der Waals surface area contributed by atoms with Crippen LogP contribution in [0.1, 0.15) is 49.8 Å². The summed E-state index contributed by atoms with van der Waals surface area (Å²) >= 11 is 0. The Morgan fingerprint density at radius 1 is 0.920 bits per heavy atom. The lowest BCUT2D eigenvalue weighted by atomic mass is 10.0. The molecule has 1 aliphatic rings. The molecule has 2 unspecified atom stereocenters. The molecule has 0 bridgehead atoms. The van der Waals surface area contributed by atoms with Crippen molar-refractivity contribution < 1.29 is 9.47 Å². The highest BCUT2D eigenvalue weighted by atomic mass is 16.6. The first-order valence-electron chi connectivity index (χ1n) is 9.14. The molecule has 0 N–H and O–H groups in total. The quantitative estimate of drug-likeness (QED) is 0.676. The van der Waals surface area contributed by atoms with E-state index in [1.165, 1.54) is 19.3 Å². The predicted octanol–water partition coefficient (Wildman–Crippen LogP) is 5.26. The van der Waals surface area contributed by atoms with Crippen LogP contribution >= 0.6 is 0 Å². The van der Waals surface area contributed by atoms with Gasteiger partial charge in [-0.3, -0.25) is 0 Å². The second-order valence-electron chi connectivity index (χ2n) is 6.58. The zero-order chi connectivity index (χ0) is 17.5. The lowest BCUT2D eigenvalue weighted by Gasteiger charge is -2.30.